The number of nitriles is 1. The Morgan fingerprint density at radius 1 is 1.48 bits per heavy atom. The predicted octanol–water partition coefficient (Wildman–Crippen LogP) is 2.56. The van der Waals surface area contributed by atoms with Gasteiger partial charge >= 0.3 is 5.97 Å². The van der Waals surface area contributed by atoms with Gasteiger partial charge < -0.3 is 15.2 Å². The van der Waals surface area contributed by atoms with Crippen LogP contribution in [0.1, 0.15) is 42.2 Å². The summed E-state index contributed by atoms with van der Waals surface area (Å²) in [5, 5.41) is 21.1. The van der Waals surface area contributed by atoms with E-state index < -0.39 is 18.5 Å². The van der Waals surface area contributed by atoms with E-state index in [9.17, 15) is 14.9 Å². The van der Waals surface area contributed by atoms with E-state index in [4.69, 9.17) is 9.84 Å². The third kappa shape index (κ3) is 4.53. The van der Waals surface area contributed by atoms with Crippen molar-refractivity contribution >= 4 is 28.2 Å². The number of amides is 1. The highest BCUT2D eigenvalue weighted by Crippen LogP contribution is 2.40. The largest absolute Gasteiger partial charge is 0.480 e. The van der Waals surface area contributed by atoms with Crippen molar-refractivity contribution in [2.24, 2.45) is 5.92 Å². The van der Waals surface area contributed by atoms with Gasteiger partial charge in [0.2, 0.25) is 0 Å². The number of rotatable bonds is 7. The number of nitrogens with one attached hydrogen (secondary N) is 1. The van der Waals surface area contributed by atoms with Gasteiger partial charge in [-0.25, -0.2) is 4.79 Å². The van der Waals surface area contributed by atoms with Gasteiger partial charge in [0, 0.05) is 4.88 Å². The van der Waals surface area contributed by atoms with Gasteiger partial charge in [-0.15, -0.1) is 11.3 Å². The average molecular weight is 336 g/mol. The zero-order valence-corrected chi connectivity index (χ0v) is 13.9. The van der Waals surface area contributed by atoms with Crippen LogP contribution in [0.4, 0.5) is 5.00 Å². The summed E-state index contributed by atoms with van der Waals surface area (Å²) in [7, 11) is 0. The summed E-state index contributed by atoms with van der Waals surface area (Å²) in [6.07, 6.45) is 5.27. The third-order valence-corrected chi connectivity index (χ3v) is 5.06. The first kappa shape index (κ1) is 17.4. The van der Waals surface area contributed by atoms with Crippen molar-refractivity contribution in [2.45, 2.75) is 39.0 Å². The van der Waals surface area contributed by atoms with E-state index in [0.717, 1.165) is 31.2 Å². The molecule has 124 valence electrons. The van der Waals surface area contributed by atoms with E-state index in [0.29, 0.717) is 16.5 Å². The van der Waals surface area contributed by atoms with Gasteiger partial charge in [0.05, 0.1) is 5.56 Å². The van der Waals surface area contributed by atoms with Crippen molar-refractivity contribution in [1.82, 2.24) is 0 Å². The zero-order valence-electron chi connectivity index (χ0n) is 13.1. The molecule has 0 aliphatic heterocycles. The lowest BCUT2D eigenvalue weighted by atomic mass is 9.85. The molecule has 0 bridgehead atoms. The number of aliphatic carboxylic acids is 1. The Morgan fingerprint density at radius 3 is 2.91 bits per heavy atom. The second-order valence-electron chi connectivity index (χ2n) is 5.65. The van der Waals surface area contributed by atoms with E-state index in [1.807, 2.05) is 0 Å². The first-order valence-electron chi connectivity index (χ1n) is 7.69. The molecule has 0 spiro atoms. The fourth-order valence-corrected chi connectivity index (χ4v) is 4.24. The SMILES string of the molecule is CCC[C@@H]1CCc2c(sc(NC(=O)COCC(=O)O)c2C#N)C1. The Hall–Kier alpha value is -1.91. The van der Waals surface area contributed by atoms with Gasteiger partial charge in [-0.1, -0.05) is 19.8 Å². The molecular weight excluding hydrogens is 316 g/mol. The molecular formula is C16H20N2O4S. The molecule has 0 radical (unpaired) electrons. The Balaban J connectivity index is 2.04. The van der Waals surface area contributed by atoms with E-state index in [2.05, 4.69) is 18.3 Å². The van der Waals surface area contributed by atoms with E-state index >= 15 is 0 Å². The van der Waals surface area contributed by atoms with Crippen LogP contribution >= 0.6 is 11.3 Å². The summed E-state index contributed by atoms with van der Waals surface area (Å²) >= 11 is 1.46. The maximum Gasteiger partial charge on any atom is 0.329 e. The monoisotopic (exact) mass is 336 g/mol. The van der Waals surface area contributed by atoms with Crippen LogP contribution in [0.2, 0.25) is 0 Å². The highest BCUT2D eigenvalue weighted by atomic mass is 32.1. The second-order valence-corrected chi connectivity index (χ2v) is 6.76. The Bertz CT molecular complexity index is 633. The second kappa shape index (κ2) is 8.09. The lowest BCUT2D eigenvalue weighted by Gasteiger charge is -2.21. The van der Waals surface area contributed by atoms with Crippen LogP contribution < -0.4 is 5.32 Å². The standard InChI is InChI=1S/C16H20N2O4S/c1-2-3-10-4-5-11-12(7-17)16(23-13(11)6-10)18-14(19)8-22-9-15(20)21/h10H,2-6,8-9H2,1H3,(H,18,19)(H,20,21)/t10-/m1/s1. The van der Waals surface area contributed by atoms with E-state index in [1.165, 1.54) is 22.6 Å². The first-order valence-corrected chi connectivity index (χ1v) is 8.50. The molecule has 0 aromatic carbocycles. The van der Waals surface area contributed by atoms with Crippen LogP contribution in [0.15, 0.2) is 0 Å². The molecule has 1 atom stereocenters. The number of carboxylic acids is 1. The number of hydrogen-bond donors (Lipinski definition) is 2. The molecule has 23 heavy (non-hydrogen) atoms. The number of carboxylic acid groups (broad SMARTS) is 1. The topological polar surface area (TPSA) is 99.4 Å². The van der Waals surface area contributed by atoms with Crippen molar-refractivity contribution in [1.29, 1.82) is 5.26 Å². The summed E-state index contributed by atoms with van der Waals surface area (Å²) in [5.41, 5.74) is 1.61. The summed E-state index contributed by atoms with van der Waals surface area (Å²) in [6, 6.07) is 2.19. The first-order chi connectivity index (χ1) is 11.0. The Kier molecular flexibility index (Phi) is 6.13. The quantitative estimate of drug-likeness (QED) is 0.797. The molecule has 1 aromatic heterocycles. The molecule has 1 aliphatic rings. The van der Waals surface area contributed by atoms with Gasteiger partial charge in [-0.2, -0.15) is 5.26 Å². The molecule has 1 heterocycles. The van der Waals surface area contributed by atoms with Crippen LogP contribution in [0.3, 0.4) is 0 Å². The molecule has 1 aliphatic carbocycles. The summed E-state index contributed by atoms with van der Waals surface area (Å²) < 4.78 is 4.76. The fraction of sp³-hybridized carbons (Fsp3) is 0.562. The Labute approximate surface area is 139 Å². The molecule has 2 rings (SSSR count). The molecule has 7 heteroatoms. The number of hydrogen-bond acceptors (Lipinski definition) is 5. The fourth-order valence-electron chi connectivity index (χ4n) is 2.91. The van der Waals surface area contributed by atoms with E-state index in [1.54, 1.807) is 0 Å². The maximum atomic E-state index is 11.8. The maximum absolute atomic E-state index is 11.8. The lowest BCUT2D eigenvalue weighted by Crippen LogP contribution is -2.20. The van der Waals surface area contributed by atoms with Crippen molar-refractivity contribution in [3.63, 3.8) is 0 Å². The third-order valence-electron chi connectivity index (χ3n) is 3.89. The highest BCUT2D eigenvalue weighted by Gasteiger charge is 2.26. The predicted molar refractivity (Wildman–Crippen MR) is 86.5 cm³/mol. The van der Waals surface area contributed by atoms with Crippen LogP contribution in [-0.2, 0) is 27.2 Å². The highest BCUT2D eigenvalue weighted by molar-refractivity contribution is 7.16. The molecule has 0 saturated heterocycles. The number of ether oxygens (including phenoxy) is 1. The normalized spacial score (nSPS) is 16.4. The van der Waals surface area contributed by atoms with Gasteiger partial charge in [-0.05, 0) is 30.7 Å². The average Bonchev–Trinajstić information content (AvgIpc) is 2.83. The molecule has 0 fully saturated rings. The molecule has 2 N–H and O–H groups in total. The minimum atomic E-state index is -1.12. The molecule has 0 saturated carbocycles. The van der Waals surface area contributed by atoms with Gasteiger partial charge in [0.1, 0.15) is 24.3 Å². The molecule has 6 nitrogen and oxygen atoms in total. The van der Waals surface area contributed by atoms with E-state index in [-0.39, 0.29) is 6.61 Å². The number of nitrogens with zero attached hydrogens (tertiary/aromatic N) is 1. The lowest BCUT2D eigenvalue weighted by molar-refractivity contribution is -0.143. The van der Waals surface area contributed by atoms with Gasteiger partial charge in [-0.3, -0.25) is 4.79 Å². The van der Waals surface area contributed by atoms with Crippen LogP contribution in [0.5, 0.6) is 0 Å². The number of fused-ring (bicyclic) bond motifs is 1. The molecule has 0 unspecified atom stereocenters. The van der Waals surface area contributed by atoms with Gasteiger partial charge in [0.25, 0.3) is 5.91 Å². The zero-order chi connectivity index (χ0) is 16.8. The van der Waals surface area contributed by atoms with Crippen LogP contribution in [-0.4, -0.2) is 30.2 Å². The number of carbonyl (C=O) groups is 2. The summed E-state index contributed by atoms with van der Waals surface area (Å²) in [6.45, 7) is 1.32. The van der Waals surface area contributed by atoms with Crippen LogP contribution in [0, 0.1) is 17.2 Å². The van der Waals surface area contributed by atoms with Crippen molar-refractivity contribution in [2.75, 3.05) is 18.5 Å². The van der Waals surface area contributed by atoms with Crippen molar-refractivity contribution < 1.29 is 19.4 Å². The summed E-state index contributed by atoms with van der Waals surface area (Å²) in [5.74, 6) is -0.907. The van der Waals surface area contributed by atoms with Crippen LogP contribution in [0.25, 0.3) is 0 Å². The smallest absolute Gasteiger partial charge is 0.329 e. The molecule has 1 amide bonds. The van der Waals surface area contributed by atoms with Crippen molar-refractivity contribution in [3.05, 3.63) is 16.0 Å². The number of thiophene rings is 1. The minimum Gasteiger partial charge on any atom is -0.480 e. The number of anilines is 1. The van der Waals surface area contributed by atoms with Gasteiger partial charge in [0.15, 0.2) is 0 Å². The Morgan fingerprint density at radius 2 is 2.26 bits per heavy atom. The van der Waals surface area contributed by atoms with Crippen molar-refractivity contribution in [3.8, 4) is 6.07 Å². The summed E-state index contributed by atoms with van der Waals surface area (Å²) in [4.78, 5) is 23.4. The minimum absolute atomic E-state index is 0.335. The number of carbonyl (C=O) groups excluding carboxylic acids is 1. The molecule has 1 aromatic rings.